The number of fused-ring (bicyclic) bond motifs is 1. The van der Waals surface area contributed by atoms with Crippen LogP contribution in [0, 0.1) is 5.82 Å². The monoisotopic (exact) mass is 761 g/mol. The van der Waals surface area contributed by atoms with Crippen LogP contribution < -0.4 is 15.1 Å². The van der Waals surface area contributed by atoms with E-state index in [1.807, 2.05) is 11.1 Å². The first-order valence-corrected chi connectivity index (χ1v) is 19.3. The number of hydrogen-bond acceptors (Lipinski definition) is 13. The third kappa shape index (κ3) is 7.49. The number of nitrogens with zero attached hydrogens (tertiary/aromatic N) is 6. The molecule has 52 heavy (non-hydrogen) atoms. The summed E-state index contributed by atoms with van der Waals surface area (Å²) in [7, 11) is -3.91. The van der Waals surface area contributed by atoms with E-state index in [4.69, 9.17) is 4.74 Å². The van der Waals surface area contributed by atoms with Crippen LogP contribution in [0.3, 0.4) is 0 Å². The van der Waals surface area contributed by atoms with E-state index in [2.05, 4.69) is 19.9 Å². The van der Waals surface area contributed by atoms with Crippen LogP contribution in [-0.4, -0.2) is 123 Å². The topological polar surface area (TPSA) is 213 Å². The molecule has 3 aliphatic rings. The van der Waals surface area contributed by atoms with Crippen LogP contribution in [0.5, 0.6) is 0 Å². The molecule has 7 rings (SSSR count). The van der Waals surface area contributed by atoms with Crippen molar-refractivity contribution < 1.29 is 42.8 Å². The Hall–Kier alpha value is -3.82. The average Bonchev–Trinajstić information content (AvgIpc) is 3.66. The number of anilines is 1. The minimum Gasteiger partial charge on any atom is -0.477 e. The van der Waals surface area contributed by atoms with Gasteiger partial charge in [0.05, 0.1) is 23.0 Å². The Bertz CT molecular complexity index is 2130. The number of aliphatic hydroxyl groups is 3. The van der Waals surface area contributed by atoms with Gasteiger partial charge in [-0.1, -0.05) is 5.21 Å². The molecule has 0 spiro atoms. The van der Waals surface area contributed by atoms with Crippen molar-refractivity contribution in [3.63, 3.8) is 0 Å². The lowest BCUT2D eigenvalue weighted by atomic mass is 9.96. The standard InChI is InChI=1S/C33H40FN7O9S2/c1-18-29(42)32(45)31(44)27(50-18)14-35-52(48,49)28-5-4-21(51-28)6-7-40-16-19(36-37-40)15-38-8-10-39(11-9-38)26-13-25-22(12-24(26)34)30(43)23(33(46)47)17-41(25)20-2-3-20/h4-5,12-13,16-18,20,27,29,31-32,35,42,44-45H,2-3,6-11,14-15H2,1H3,(H,46,47)/t18-,27+,29+,31+,32+/m0/s1. The van der Waals surface area contributed by atoms with Crippen molar-refractivity contribution in [1.82, 2.24) is 29.2 Å². The number of pyridine rings is 1. The van der Waals surface area contributed by atoms with Gasteiger partial charge in [0, 0.05) is 80.9 Å². The summed E-state index contributed by atoms with van der Waals surface area (Å²) in [6.45, 7) is 4.59. The zero-order valence-electron chi connectivity index (χ0n) is 28.2. The molecule has 1 aromatic carbocycles. The number of nitrogens with one attached hydrogen (secondary N) is 1. The molecule has 5 heterocycles. The first kappa shape index (κ1) is 36.5. The fourth-order valence-electron chi connectivity index (χ4n) is 6.73. The highest BCUT2D eigenvalue weighted by molar-refractivity contribution is 7.91. The molecule has 3 fully saturated rings. The third-order valence-corrected chi connectivity index (χ3v) is 12.9. The number of aryl methyl sites for hydroxylation is 2. The zero-order chi connectivity index (χ0) is 36.9. The third-order valence-electron chi connectivity index (χ3n) is 9.87. The number of benzene rings is 1. The number of piperazine rings is 1. The average molecular weight is 762 g/mol. The molecule has 2 aliphatic heterocycles. The Morgan fingerprint density at radius 3 is 2.54 bits per heavy atom. The van der Waals surface area contributed by atoms with Crippen molar-refractivity contribution in [2.45, 2.75) is 80.0 Å². The fourth-order valence-corrected chi connectivity index (χ4v) is 9.17. The van der Waals surface area contributed by atoms with Gasteiger partial charge in [-0.2, -0.15) is 0 Å². The maximum atomic E-state index is 15.4. The summed E-state index contributed by atoms with van der Waals surface area (Å²) in [4.78, 5) is 29.4. The molecule has 1 saturated carbocycles. The van der Waals surface area contributed by atoms with Gasteiger partial charge in [-0.3, -0.25) is 14.4 Å². The summed E-state index contributed by atoms with van der Waals surface area (Å²) in [5.41, 5.74) is 0.622. The normalized spacial score (nSPS) is 24.5. The fraction of sp³-hybridized carbons (Fsp3) is 0.515. The zero-order valence-corrected chi connectivity index (χ0v) is 29.8. The molecule has 0 radical (unpaired) electrons. The quantitative estimate of drug-likeness (QED) is 0.134. The molecule has 19 heteroatoms. The van der Waals surface area contributed by atoms with Crippen molar-refractivity contribution in [1.29, 1.82) is 0 Å². The number of halogens is 1. The number of rotatable bonds is 12. The number of carboxylic acid groups (broad SMARTS) is 1. The maximum Gasteiger partial charge on any atom is 0.341 e. The number of aromatic carboxylic acids is 1. The van der Waals surface area contributed by atoms with Gasteiger partial charge in [0.25, 0.3) is 0 Å². The van der Waals surface area contributed by atoms with Crippen molar-refractivity contribution in [3.8, 4) is 0 Å². The van der Waals surface area contributed by atoms with E-state index in [1.54, 1.807) is 21.4 Å². The number of thiophene rings is 1. The van der Waals surface area contributed by atoms with Crippen molar-refractivity contribution in [3.05, 3.63) is 68.8 Å². The highest BCUT2D eigenvalue weighted by atomic mass is 32.2. The van der Waals surface area contributed by atoms with Gasteiger partial charge < -0.3 is 34.6 Å². The minimum atomic E-state index is -3.91. The molecule has 1 aliphatic carbocycles. The highest BCUT2D eigenvalue weighted by Crippen LogP contribution is 2.38. The van der Waals surface area contributed by atoms with E-state index < -0.39 is 57.8 Å². The molecule has 2 saturated heterocycles. The molecular weight excluding hydrogens is 722 g/mol. The summed E-state index contributed by atoms with van der Waals surface area (Å²) >= 11 is 1.11. The van der Waals surface area contributed by atoms with Gasteiger partial charge in [0.15, 0.2) is 0 Å². The summed E-state index contributed by atoms with van der Waals surface area (Å²) in [5.74, 6) is -1.89. The minimum absolute atomic E-state index is 0.0676. The number of carboxylic acids is 1. The number of aromatic nitrogens is 4. The van der Waals surface area contributed by atoms with E-state index in [9.17, 15) is 38.4 Å². The number of ether oxygens (including phenoxy) is 1. The van der Waals surface area contributed by atoms with Crippen LogP contribution in [0.4, 0.5) is 10.1 Å². The Kier molecular flexibility index (Phi) is 10.2. The van der Waals surface area contributed by atoms with Crippen LogP contribution in [0.15, 0.2) is 45.7 Å². The van der Waals surface area contributed by atoms with Gasteiger partial charge in [0.1, 0.15) is 40.0 Å². The van der Waals surface area contributed by atoms with Crippen molar-refractivity contribution >= 4 is 43.9 Å². The smallest absolute Gasteiger partial charge is 0.341 e. The maximum absolute atomic E-state index is 15.4. The van der Waals surface area contributed by atoms with Gasteiger partial charge in [-0.25, -0.2) is 22.3 Å². The molecule has 5 N–H and O–H groups in total. The summed E-state index contributed by atoms with van der Waals surface area (Å²) < 4.78 is 52.7. The lowest BCUT2D eigenvalue weighted by molar-refractivity contribution is -0.214. The molecule has 0 unspecified atom stereocenters. The number of hydrogen-bond donors (Lipinski definition) is 5. The summed E-state index contributed by atoms with van der Waals surface area (Å²) in [6, 6.07) is 6.14. The van der Waals surface area contributed by atoms with Crippen molar-refractivity contribution in [2.24, 2.45) is 0 Å². The Morgan fingerprint density at radius 2 is 1.83 bits per heavy atom. The van der Waals surface area contributed by atoms with Gasteiger partial charge in [0.2, 0.25) is 15.5 Å². The van der Waals surface area contributed by atoms with Crippen LogP contribution in [-0.2, 0) is 34.3 Å². The van der Waals surface area contributed by atoms with E-state index in [0.717, 1.165) is 40.8 Å². The predicted molar refractivity (Wildman–Crippen MR) is 186 cm³/mol. The molecule has 16 nitrogen and oxygen atoms in total. The number of sulfonamides is 1. The number of aliphatic hydroxyl groups excluding tert-OH is 3. The molecule has 0 amide bonds. The Balaban J connectivity index is 0.913. The molecule has 280 valence electrons. The van der Waals surface area contributed by atoms with Gasteiger partial charge in [-0.15, -0.1) is 16.4 Å². The molecule has 5 atom stereocenters. The molecule has 3 aromatic heterocycles. The lowest BCUT2D eigenvalue weighted by Gasteiger charge is -2.39. The summed E-state index contributed by atoms with van der Waals surface area (Å²) in [5, 5.41) is 48.1. The molecular formula is C33H40FN7O9S2. The first-order chi connectivity index (χ1) is 24.8. The second kappa shape index (κ2) is 14.5. The first-order valence-electron chi connectivity index (χ1n) is 17.0. The molecule has 4 aromatic rings. The van der Waals surface area contributed by atoms with Crippen LogP contribution >= 0.6 is 11.3 Å². The SMILES string of the molecule is C[C@@H]1O[C@H](CNS(=O)(=O)c2ccc(CCn3cc(CN4CCN(c5cc6c(cc5F)c(=O)c(C(=O)O)cn6C5CC5)CC4)nn3)s2)[C@@H](O)[C@H](O)[C@@H]1O. The highest BCUT2D eigenvalue weighted by Gasteiger charge is 2.42. The largest absolute Gasteiger partial charge is 0.477 e. The van der Waals surface area contributed by atoms with Gasteiger partial charge >= 0.3 is 5.97 Å². The second-order valence-electron chi connectivity index (χ2n) is 13.5. The van der Waals surface area contributed by atoms with Crippen LogP contribution in [0.25, 0.3) is 10.9 Å². The summed E-state index contributed by atoms with van der Waals surface area (Å²) in [6.07, 6.45) is -0.493. The van der Waals surface area contributed by atoms with Crippen LogP contribution in [0.2, 0.25) is 0 Å². The van der Waals surface area contributed by atoms with E-state index >= 15 is 4.39 Å². The van der Waals surface area contributed by atoms with E-state index in [-0.39, 0.29) is 27.7 Å². The van der Waals surface area contributed by atoms with Crippen molar-refractivity contribution in [2.75, 3.05) is 37.6 Å². The predicted octanol–water partition coefficient (Wildman–Crippen LogP) is 0.540. The Morgan fingerprint density at radius 1 is 1.08 bits per heavy atom. The van der Waals surface area contributed by atoms with Crippen LogP contribution in [0.1, 0.15) is 46.7 Å². The van der Waals surface area contributed by atoms with E-state index in [0.29, 0.717) is 56.9 Å². The lowest BCUT2D eigenvalue weighted by Crippen LogP contribution is -2.59. The second-order valence-corrected chi connectivity index (χ2v) is 16.7. The van der Waals surface area contributed by atoms with E-state index in [1.165, 1.54) is 19.2 Å². The number of carbonyl (C=O) groups is 1. The Labute approximate surface area is 301 Å². The molecule has 0 bridgehead atoms. The van der Waals surface area contributed by atoms with Gasteiger partial charge in [-0.05, 0) is 44.0 Å².